The van der Waals surface area contributed by atoms with Gasteiger partial charge in [-0.2, -0.15) is 0 Å². The highest BCUT2D eigenvalue weighted by Crippen LogP contribution is 2.36. The van der Waals surface area contributed by atoms with Crippen molar-refractivity contribution in [3.8, 4) is 0 Å². The third kappa shape index (κ3) is 17.0. The minimum Gasteiger partial charge on any atom is -0.375 e. The highest BCUT2D eigenvalue weighted by molar-refractivity contribution is 4.86. The largest absolute Gasteiger partial charge is 0.375 e. The molecule has 7 heteroatoms. The molecule has 7 nitrogen and oxygen atoms in total. The molecule has 0 bridgehead atoms. The maximum absolute atomic E-state index is 6.84. The van der Waals surface area contributed by atoms with Crippen LogP contribution >= 0.6 is 0 Å². The Bertz CT molecular complexity index is 701. The lowest BCUT2D eigenvalue weighted by Crippen LogP contribution is -2.47. The van der Waals surface area contributed by atoms with Crippen LogP contribution in [0.25, 0.3) is 0 Å². The SMILES string of the molecule is CCCCC(CC)(COC(C)(C)CC(C)OC(C)(N)CC(C)N)COC(C)(CC)CC(C)OC(C)(CC)CC(C)N. The van der Waals surface area contributed by atoms with E-state index < -0.39 is 5.72 Å². The number of unbranched alkanes of at least 4 members (excludes halogenated alkanes) is 1. The fraction of sp³-hybridized carbons (Fsp3) is 1.00. The van der Waals surface area contributed by atoms with E-state index in [0.29, 0.717) is 19.6 Å². The lowest BCUT2D eigenvalue weighted by molar-refractivity contribution is -0.160. The zero-order valence-corrected chi connectivity index (χ0v) is 29.7. The molecule has 0 aliphatic heterocycles. The summed E-state index contributed by atoms with van der Waals surface area (Å²) < 4.78 is 26.3. The fourth-order valence-electron chi connectivity index (χ4n) is 6.13. The van der Waals surface area contributed by atoms with Crippen molar-refractivity contribution in [2.24, 2.45) is 22.6 Å². The Morgan fingerprint density at radius 3 is 1.59 bits per heavy atom. The van der Waals surface area contributed by atoms with Crippen LogP contribution in [-0.4, -0.2) is 60.0 Å². The molecule has 248 valence electrons. The van der Waals surface area contributed by atoms with Crippen LogP contribution in [0.15, 0.2) is 0 Å². The maximum atomic E-state index is 6.84. The molecule has 0 heterocycles. The van der Waals surface area contributed by atoms with Crippen LogP contribution in [0.1, 0.15) is 154 Å². The van der Waals surface area contributed by atoms with Gasteiger partial charge in [-0.1, -0.05) is 40.5 Å². The molecule has 0 saturated heterocycles. The molecule has 8 atom stereocenters. The second-order valence-electron chi connectivity index (χ2n) is 14.8. The molecule has 0 saturated carbocycles. The number of hydrogen-bond donors (Lipinski definition) is 3. The van der Waals surface area contributed by atoms with Crippen molar-refractivity contribution in [2.75, 3.05) is 13.2 Å². The lowest BCUT2D eigenvalue weighted by Gasteiger charge is -2.42. The van der Waals surface area contributed by atoms with E-state index >= 15 is 0 Å². The Kier molecular flexibility index (Phi) is 17.8. The first-order valence-electron chi connectivity index (χ1n) is 16.6. The van der Waals surface area contributed by atoms with Crippen LogP contribution in [0.4, 0.5) is 0 Å². The summed E-state index contributed by atoms with van der Waals surface area (Å²) in [7, 11) is 0. The van der Waals surface area contributed by atoms with Gasteiger partial charge in [0.15, 0.2) is 0 Å². The predicted octanol–water partition coefficient (Wildman–Crippen LogP) is 7.46. The molecule has 6 N–H and O–H groups in total. The van der Waals surface area contributed by atoms with Gasteiger partial charge in [-0.15, -0.1) is 0 Å². The van der Waals surface area contributed by atoms with Crippen LogP contribution in [0.3, 0.4) is 0 Å². The van der Waals surface area contributed by atoms with Crippen molar-refractivity contribution in [1.82, 2.24) is 0 Å². The van der Waals surface area contributed by atoms with Crippen molar-refractivity contribution >= 4 is 0 Å². The van der Waals surface area contributed by atoms with E-state index in [1.54, 1.807) is 0 Å². The molecule has 41 heavy (non-hydrogen) atoms. The normalized spacial score (nSPS) is 21.7. The van der Waals surface area contributed by atoms with E-state index in [2.05, 4.69) is 76.2 Å². The van der Waals surface area contributed by atoms with E-state index in [-0.39, 0.29) is 46.5 Å². The first kappa shape index (κ1) is 40.7. The summed E-state index contributed by atoms with van der Waals surface area (Å²) in [5.41, 5.74) is 16.8. The van der Waals surface area contributed by atoms with E-state index in [1.807, 2.05) is 13.8 Å². The smallest absolute Gasteiger partial charge is 0.115 e. The molecule has 0 spiro atoms. The molecular formula is C34H73N3O4. The number of ether oxygens (including phenoxy) is 4. The summed E-state index contributed by atoms with van der Waals surface area (Å²) >= 11 is 0. The van der Waals surface area contributed by atoms with Crippen LogP contribution in [0.5, 0.6) is 0 Å². The van der Waals surface area contributed by atoms with Gasteiger partial charge in [0, 0.05) is 36.8 Å². The summed E-state index contributed by atoms with van der Waals surface area (Å²) in [6.07, 6.45) is 9.29. The lowest BCUT2D eigenvalue weighted by atomic mass is 9.81. The van der Waals surface area contributed by atoms with Gasteiger partial charge in [-0.05, 0) is 94.4 Å². The van der Waals surface area contributed by atoms with Gasteiger partial charge in [0.25, 0.3) is 0 Å². The summed E-state index contributed by atoms with van der Waals surface area (Å²) in [6.45, 7) is 29.1. The van der Waals surface area contributed by atoms with Gasteiger partial charge in [-0.25, -0.2) is 0 Å². The van der Waals surface area contributed by atoms with Gasteiger partial charge in [-0.3, -0.25) is 0 Å². The van der Waals surface area contributed by atoms with E-state index in [0.717, 1.165) is 57.8 Å². The molecule has 0 amide bonds. The first-order chi connectivity index (χ1) is 18.7. The van der Waals surface area contributed by atoms with Gasteiger partial charge in [0.05, 0.1) is 42.2 Å². The Morgan fingerprint density at radius 1 is 0.610 bits per heavy atom. The molecule has 0 fully saturated rings. The van der Waals surface area contributed by atoms with Gasteiger partial charge in [0.2, 0.25) is 0 Å². The third-order valence-corrected chi connectivity index (χ3v) is 8.74. The molecule has 8 unspecified atom stereocenters. The maximum Gasteiger partial charge on any atom is 0.115 e. The van der Waals surface area contributed by atoms with Crippen molar-refractivity contribution in [3.63, 3.8) is 0 Å². The zero-order valence-electron chi connectivity index (χ0n) is 29.7. The van der Waals surface area contributed by atoms with Crippen molar-refractivity contribution in [3.05, 3.63) is 0 Å². The molecule has 0 aliphatic carbocycles. The zero-order chi connectivity index (χ0) is 32.1. The molecule has 0 aromatic rings. The molecule has 0 radical (unpaired) electrons. The van der Waals surface area contributed by atoms with Gasteiger partial charge in [0.1, 0.15) is 5.72 Å². The average molecular weight is 588 g/mol. The van der Waals surface area contributed by atoms with E-state index in [1.165, 1.54) is 0 Å². The molecular weight excluding hydrogens is 514 g/mol. The van der Waals surface area contributed by atoms with Gasteiger partial charge >= 0.3 is 0 Å². The Labute approximate surface area is 255 Å². The number of hydrogen-bond acceptors (Lipinski definition) is 7. The first-order valence-corrected chi connectivity index (χ1v) is 16.6. The molecule has 0 aromatic heterocycles. The second-order valence-corrected chi connectivity index (χ2v) is 14.8. The van der Waals surface area contributed by atoms with E-state index in [4.69, 9.17) is 36.1 Å². The van der Waals surface area contributed by atoms with Crippen molar-refractivity contribution in [2.45, 2.75) is 201 Å². The quantitative estimate of drug-likeness (QED) is 0.100. The summed E-state index contributed by atoms with van der Waals surface area (Å²) in [6, 6.07) is 0.0947. The van der Waals surface area contributed by atoms with E-state index in [9.17, 15) is 0 Å². The number of nitrogens with two attached hydrogens (primary N) is 3. The third-order valence-electron chi connectivity index (χ3n) is 8.74. The molecule has 0 aliphatic rings. The topological polar surface area (TPSA) is 115 Å². The Balaban J connectivity index is 5.47. The summed E-state index contributed by atoms with van der Waals surface area (Å²) in [5, 5.41) is 0. The number of rotatable bonds is 24. The Hall–Kier alpha value is -0.280. The minimum absolute atomic E-state index is 0.0145. The van der Waals surface area contributed by atoms with Crippen molar-refractivity contribution < 1.29 is 18.9 Å². The van der Waals surface area contributed by atoms with Crippen LogP contribution in [-0.2, 0) is 18.9 Å². The molecule has 0 aromatic carbocycles. The molecule has 0 rings (SSSR count). The summed E-state index contributed by atoms with van der Waals surface area (Å²) in [4.78, 5) is 0. The fourth-order valence-corrected chi connectivity index (χ4v) is 6.13. The highest BCUT2D eigenvalue weighted by Gasteiger charge is 2.37. The predicted molar refractivity (Wildman–Crippen MR) is 175 cm³/mol. The standard InChI is InChI=1S/C34H73N3O4/c1-14-18-19-34(17-4,24-38-30(9,10)22-28(7)41-33(13,37)21-27(6)36)25-39-31(11,15-2)23-29(8)40-32(12,16-3)20-26(5)35/h26-29H,14-25,35-37H2,1-13H3. The average Bonchev–Trinajstić information content (AvgIpc) is 2.81. The van der Waals surface area contributed by atoms with Crippen LogP contribution < -0.4 is 17.2 Å². The van der Waals surface area contributed by atoms with Gasteiger partial charge < -0.3 is 36.1 Å². The monoisotopic (exact) mass is 588 g/mol. The highest BCUT2D eigenvalue weighted by atomic mass is 16.5. The van der Waals surface area contributed by atoms with Crippen LogP contribution in [0.2, 0.25) is 0 Å². The second kappa shape index (κ2) is 17.9. The minimum atomic E-state index is -0.756. The Morgan fingerprint density at radius 2 is 1.12 bits per heavy atom. The summed E-state index contributed by atoms with van der Waals surface area (Å²) in [5.74, 6) is 0. The van der Waals surface area contributed by atoms with Crippen molar-refractivity contribution in [1.29, 1.82) is 0 Å². The van der Waals surface area contributed by atoms with Crippen LogP contribution in [0, 0.1) is 5.41 Å².